The van der Waals surface area contributed by atoms with Gasteiger partial charge < -0.3 is 14.2 Å². The van der Waals surface area contributed by atoms with E-state index in [1.807, 2.05) is 17.7 Å². The predicted molar refractivity (Wildman–Crippen MR) is 106 cm³/mol. The first-order chi connectivity index (χ1) is 13.2. The zero-order valence-corrected chi connectivity index (χ0v) is 15.8. The minimum absolute atomic E-state index is 0.294. The Balaban J connectivity index is 1.62. The van der Waals surface area contributed by atoms with Crippen molar-refractivity contribution in [2.45, 2.75) is 10.9 Å². The summed E-state index contributed by atoms with van der Waals surface area (Å²) in [6, 6.07) is 5.39. The second-order valence-corrected chi connectivity index (χ2v) is 7.06. The quantitative estimate of drug-likeness (QED) is 0.279. The van der Waals surface area contributed by atoms with Gasteiger partial charge >= 0.3 is 0 Å². The molecule has 0 aliphatic carbocycles. The topological polar surface area (TPSA) is 85.5 Å². The summed E-state index contributed by atoms with van der Waals surface area (Å²) in [6.45, 7) is 1.64. The van der Waals surface area contributed by atoms with Gasteiger partial charge in [0.25, 0.3) is 0 Å². The molecule has 1 aliphatic rings. The summed E-state index contributed by atoms with van der Waals surface area (Å²) >= 11 is 1.51. The number of aryl methyl sites for hydroxylation is 1. The largest absolute Gasteiger partial charge is 0.494 e. The molecule has 0 radical (unpaired) electrons. The lowest BCUT2D eigenvalue weighted by atomic mass is 10.2. The molecule has 3 aromatic rings. The number of thioether (sulfide) groups is 1. The normalized spacial score (nSPS) is 13.5. The highest BCUT2D eigenvalue weighted by atomic mass is 32.2. The highest BCUT2D eigenvalue weighted by molar-refractivity contribution is 7.98. The Bertz CT molecular complexity index is 1020. The van der Waals surface area contributed by atoms with E-state index < -0.39 is 0 Å². The van der Waals surface area contributed by atoms with Crippen LogP contribution in [0.4, 0.5) is 11.5 Å². The van der Waals surface area contributed by atoms with Crippen LogP contribution in [0.3, 0.4) is 0 Å². The summed E-state index contributed by atoms with van der Waals surface area (Å²) in [5.74, 6) is 1.93. The third kappa shape index (κ3) is 3.37. The van der Waals surface area contributed by atoms with Crippen molar-refractivity contribution in [2.75, 3.05) is 25.1 Å². The number of nitrogens with zero attached hydrogens (tertiary/aromatic N) is 6. The highest BCUT2D eigenvalue weighted by Gasteiger charge is 2.18. The van der Waals surface area contributed by atoms with Crippen LogP contribution in [-0.4, -0.2) is 39.7 Å². The second-order valence-electron chi connectivity index (χ2n) is 6.12. The number of rotatable bonds is 6. The Hall–Kier alpha value is -2.94. The molecule has 3 heterocycles. The Morgan fingerprint density at radius 1 is 1.26 bits per heavy atom. The molecule has 0 unspecified atom stereocenters. The monoisotopic (exact) mass is 382 g/mol. The van der Waals surface area contributed by atoms with Crippen LogP contribution in [0.25, 0.3) is 11.2 Å². The molecule has 27 heavy (non-hydrogen) atoms. The van der Waals surface area contributed by atoms with Crippen molar-refractivity contribution in [3.8, 4) is 5.75 Å². The summed E-state index contributed by atoms with van der Waals surface area (Å²) in [5.41, 5.74) is 2.86. The average Bonchev–Trinajstić information content (AvgIpc) is 3.36. The molecular formula is C18H18N6O2S. The van der Waals surface area contributed by atoms with Gasteiger partial charge in [0.05, 0.1) is 13.4 Å². The summed E-state index contributed by atoms with van der Waals surface area (Å²) < 4.78 is 7.03. The minimum atomic E-state index is 0.294. The Kier molecular flexibility index (Phi) is 4.76. The number of aromatic nitrogens is 4. The van der Waals surface area contributed by atoms with Gasteiger partial charge in [-0.1, -0.05) is 30.0 Å². The van der Waals surface area contributed by atoms with Crippen LogP contribution < -0.4 is 9.64 Å². The average molecular weight is 382 g/mol. The number of anilines is 1. The predicted octanol–water partition coefficient (Wildman–Crippen LogP) is 3.44. The number of ether oxygens (including phenoxy) is 1. The maximum atomic E-state index is 11.0. The molecule has 0 bridgehead atoms. The Morgan fingerprint density at radius 3 is 2.81 bits per heavy atom. The number of imidazole rings is 1. The molecule has 138 valence electrons. The van der Waals surface area contributed by atoms with Gasteiger partial charge in [0.1, 0.15) is 11.4 Å². The molecule has 8 nitrogen and oxygen atoms in total. The smallest absolute Gasteiger partial charge is 0.191 e. The molecule has 0 N–H and O–H groups in total. The first-order valence-electron chi connectivity index (χ1n) is 8.41. The maximum absolute atomic E-state index is 11.0. The maximum Gasteiger partial charge on any atom is 0.191 e. The fourth-order valence-corrected chi connectivity index (χ4v) is 3.73. The molecule has 0 spiro atoms. The van der Waals surface area contributed by atoms with E-state index in [0.29, 0.717) is 22.3 Å². The van der Waals surface area contributed by atoms with Crippen LogP contribution in [0.1, 0.15) is 5.56 Å². The summed E-state index contributed by atoms with van der Waals surface area (Å²) in [5, 5.41) is 3.70. The van der Waals surface area contributed by atoms with Crippen molar-refractivity contribution in [3.05, 3.63) is 47.1 Å². The molecule has 2 aromatic heterocycles. The van der Waals surface area contributed by atoms with Crippen LogP contribution in [0, 0.1) is 4.91 Å². The molecule has 0 saturated heterocycles. The molecule has 9 heteroatoms. The second kappa shape index (κ2) is 7.36. The molecule has 4 rings (SSSR count). The molecule has 0 saturated carbocycles. The number of benzene rings is 1. The van der Waals surface area contributed by atoms with Crippen LogP contribution >= 0.6 is 11.8 Å². The summed E-state index contributed by atoms with van der Waals surface area (Å²) in [4.78, 5) is 27.0. The van der Waals surface area contributed by atoms with Crippen molar-refractivity contribution in [2.24, 2.45) is 12.2 Å². The summed E-state index contributed by atoms with van der Waals surface area (Å²) in [6.07, 6.45) is 6.00. The van der Waals surface area contributed by atoms with Crippen molar-refractivity contribution in [1.82, 2.24) is 19.5 Å². The number of nitroso groups, excluding NO2 is 1. The standard InChI is InChI=1S/C18H18N6O2S/c1-23-11-19-15-16(23)20-18(21-17(15)24-7-3-4-8-24)27-10-12-5-6-14(26-2)13(9-12)22-25/h3-6,9,11H,7-8,10H2,1-2H3. The van der Waals surface area contributed by atoms with Gasteiger partial charge in [0.2, 0.25) is 0 Å². The van der Waals surface area contributed by atoms with Gasteiger partial charge in [-0.3, -0.25) is 0 Å². The lowest BCUT2D eigenvalue weighted by Gasteiger charge is -2.17. The molecule has 1 aromatic carbocycles. The van der Waals surface area contributed by atoms with E-state index in [1.165, 1.54) is 18.9 Å². The fourth-order valence-electron chi connectivity index (χ4n) is 2.95. The molecular weight excluding hydrogens is 364 g/mol. The van der Waals surface area contributed by atoms with Gasteiger partial charge in [-0.25, -0.2) is 15.0 Å². The van der Waals surface area contributed by atoms with E-state index in [2.05, 4.69) is 32.2 Å². The number of methoxy groups -OCH3 is 1. The Morgan fingerprint density at radius 2 is 2.07 bits per heavy atom. The van der Waals surface area contributed by atoms with Crippen molar-refractivity contribution in [3.63, 3.8) is 0 Å². The fraction of sp³-hybridized carbons (Fsp3) is 0.278. The molecule has 0 fully saturated rings. The third-order valence-corrected chi connectivity index (χ3v) is 5.27. The van der Waals surface area contributed by atoms with Crippen LogP contribution in [0.5, 0.6) is 5.75 Å². The lowest BCUT2D eigenvalue weighted by Crippen LogP contribution is -2.20. The lowest BCUT2D eigenvalue weighted by molar-refractivity contribution is 0.416. The third-order valence-electron chi connectivity index (χ3n) is 4.35. The van der Waals surface area contributed by atoms with Gasteiger partial charge in [-0.15, -0.1) is 4.91 Å². The number of hydrogen-bond acceptors (Lipinski definition) is 8. The van der Waals surface area contributed by atoms with Gasteiger partial charge in [-0.2, -0.15) is 0 Å². The van der Waals surface area contributed by atoms with Crippen LogP contribution in [-0.2, 0) is 12.8 Å². The van der Waals surface area contributed by atoms with Gasteiger partial charge in [0, 0.05) is 25.9 Å². The highest BCUT2D eigenvalue weighted by Crippen LogP contribution is 2.32. The number of hydrogen-bond donors (Lipinski definition) is 0. The van der Waals surface area contributed by atoms with E-state index in [0.717, 1.165) is 35.6 Å². The molecule has 1 aliphatic heterocycles. The zero-order chi connectivity index (χ0) is 18.8. The molecule has 0 amide bonds. The first kappa shape index (κ1) is 17.5. The Labute approximate surface area is 160 Å². The van der Waals surface area contributed by atoms with Gasteiger partial charge in [0.15, 0.2) is 22.1 Å². The first-order valence-corrected chi connectivity index (χ1v) is 9.40. The molecule has 0 atom stereocenters. The van der Waals surface area contributed by atoms with Crippen LogP contribution in [0.2, 0.25) is 0 Å². The SMILES string of the molecule is COc1ccc(CSc2nc(N3CC=CC3)c3ncn(C)c3n2)cc1N=O. The van der Waals surface area contributed by atoms with Crippen molar-refractivity contribution in [1.29, 1.82) is 0 Å². The van der Waals surface area contributed by atoms with E-state index in [9.17, 15) is 4.91 Å². The van der Waals surface area contributed by atoms with Crippen molar-refractivity contribution < 1.29 is 4.74 Å². The van der Waals surface area contributed by atoms with E-state index >= 15 is 0 Å². The van der Waals surface area contributed by atoms with E-state index in [-0.39, 0.29) is 0 Å². The van der Waals surface area contributed by atoms with Crippen LogP contribution in [0.15, 0.2) is 47.0 Å². The zero-order valence-electron chi connectivity index (χ0n) is 15.0. The minimum Gasteiger partial charge on any atom is -0.494 e. The van der Waals surface area contributed by atoms with Gasteiger partial charge in [-0.05, 0) is 22.9 Å². The van der Waals surface area contributed by atoms with E-state index in [4.69, 9.17) is 9.72 Å². The van der Waals surface area contributed by atoms with E-state index in [1.54, 1.807) is 18.5 Å². The summed E-state index contributed by atoms with van der Waals surface area (Å²) in [7, 11) is 3.44. The van der Waals surface area contributed by atoms with Crippen molar-refractivity contribution >= 4 is 34.4 Å². The number of fused-ring (bicyclic) bond motifs is 1.